The third-order valence-corrected chi connectivity index (χ3v) is 4.61. The van der Waals surface area contributed by atoms with Crippen LogP contribution in [0.1, 0.15) is 36.8 Å². The topological polar surface area (TPSA) is 43.8 Å². The Kier molecular flexibility index (Phi) is 5.41. The second-order valence-electron chi connectivity index (χ2n) is 4.82. The summed E-state index contributed by atoms with van der Waals surface area (Å²) in [6.07, 6.45) is 1.21. The Morgan fingerprint density at radius 3 is 2.71 bits per heavy atom. The zero-order valence-corrected chi connectivity index (χ0v) is 14.4. The molecule has 1 unspecified atom stereocenters. The minimum Gasteiger partial charge on any atom is -0.323 e. The molecule has 0 saturated carbocycles. The van der Waals surface area contributed by atoms with Crippen LogP contribution in [0, 0.1) is 5.82 Å². The van der Waals surface area contributed by atoms with Crippen molar-refractivity contribution in [1.82, 2.24) is 9.78 Å². The number of halogens is 3. The highest BCUT2D eigenvalue weighted by Gasteiger charge is 2.21. The molecular weight excluding hydrogens is 357 g/mol. The predicted octanol–water partition coefficient (Wildman–Crippen LogP) is 4.26. The average molecular weight is 375 g/mol. The standard InChI is InChI=1S/C15H18BrClFN3/c1-3-12-15(17)13(21(4-2)20-12)8-11(19)14-9(16)6-5-7-10(14)18/h5-7,11H,3-4,8,19H2,1-2H3. The number of aromatic nitrogens is 2. The van der Waals surface area contributed by atoms with Gasteiger partial charge in [-0.3, -0.25) is 4.68 Å². The van der Waals surface area contributed by atoms with E-state index in [4.69, 9.17) is 17.3 Å². The molecule has 0 aliphatic heterocycles. The van der Waals surface area contributed by atoms with Crippen molar-refractivity contribution in [3.63, 3.8) is 0 Å². The molecule has 2 N–H and O–H groups in total. The van der Waals surface area contributed by atoms with Gasteiger partial charge < -0.3 is 5.73 Å². The summed E-state index contributed by atoms with van der Waals surface area (Å²) in [6.45, 7) is 4.71. The van der Waals surface area contributed by atoms with Crippen LogP contribution in [0.5, 0.6) is 0 Å². The van der Waals surface area contributed by atoms with Gasteiger partial charge in [-0.05, 0) is 25.5 Å². The van der Waals surface area contributed by atoms with E-state index in [0.717, 1.165) is 17.8 Å². The lowest BCUT2D eigenvalue weighted by Gasteiger charge is -2.16. The van der Waals surface area contributed by atoms with Crippen molar-refractivity contribution in [1.29, 1.82) is 0 Å². The van der Waals surface area contributed by atoms with Crippen molar-refractivity contribution in [2.75, 3.05) is 0 Å². The third kappa shape index (κ3) is 3.30. The highest BCUT2D eigenvalue weighted by molar-refractivity contribution is 9.10. The molecule has 0 spiro atoms. The quantitative estimate of drug-likeness (QED) is 0.849. The SMILES string of the molecule is CCc1nn(CC)c(CC(N)c2c(F)cccc2Br)c1Cl. The molecule has 1 aromatic carbocycles. The monoisotopic (exact) mass is 373 g/mol. The zero-order valence-electron chi connectivity index (χ0n) is 12.0. The first-order chi connectivity index (χ1) is 9.99. The van der Waals surface area contributed by atoms with E-state index in [1.807, 2.05) is 18.5 Å². The number of hydrogen-bond donors (Lipinski definition) is 1. The van der Waals surface area contributed by atoms with Gasteiger partial charge in [0.15, 0.2) is 0 Å². The van der Waals surface area contributed by atoms with Crippen LogP contribution in [0.15, 0.2) is 22.7 Å². The lowest BCUT2D eigenvalue weighted by Crippen LogP contribution is -2.18. The Balaban J connectivity index is 2.36. The molecule has 0 radical (unpaired) electrons. The van der Waals surface area contributed by atoms with E-state index in [2.05, 4.69) is 21.0 Å². The Bertz CT molecular complexity index is 622. The summed E-state index contributed by atoms with van der Waals surface area (Å²) < 4.78 is 16.5. The molecule has 0 aliphatic carbocycles. The molecule has 0 saturated heterocycles. The van der Waals surface area contributed by atoms with Gasteiger partial charge in [-0.1, -0.05) is 40.5 Å². The van der Waals surface area contributed by atoms with Crippen molar-refractivity contribution in [2.45, 2.75) is 39.3 Å². The van der Waals surface area contributed by atoms with Gasteiger partial charge in [0.05, 0.1) is 16.4 Å². The maximum absolute atomic E-state index is 14.0. The fourth-order valence-electron chi connectivity index (χ4n) is 2.39. The summed E-state index contributed by atoms with van der Waals surface area (Å²) in [4.78, 5) is 0. The Hall–Kier alpha value is -0.910. The molecule has 1 aromatic heterocycles. The highest BCUT2D eigenvalue weighted by atomic mass is 79.9. The molecule has 2 rings (SSSR count). The van der Waals surface area contributed by atoms with Crippen LogP contribution in [0.2, 0.25) is 5.02 Å². The number of nitrogens with zero attached hydrogens (tertiary/aromatic N) is 2. The maximum Gasteiger partial charge on any atom is 0.129 e. The van der Waals surface area contributed by atoms with Gasteiger partial charge in [0.1, 0.15) is 5.82 Å². The van der Waals surface area contributed by atoms with Crippen molar-refractivity contribution < 1.29 is 4.39 Å². The Morgan fingerprint density at radius 1 is 1.43 bits per heavy atom. The van der Waals surface area contributed by atoms with E-state index in [-0.39, 0.29) is 5.82 Å². The Morgan fingerprint density at radius 2 is 2.14 bits per heavy atom. The van der Waals surface area contributed by atoms with Crippen molar-refractivity contribution in [3.8, 4) is 0 Å². The third-order valence-electron chi connectivity index (χ3n) is 3.48. The van der Waals surface area contributed by atoms with E-state index in [0.29, 0.717) is 28.0 Å². The number of rotatable bonds is 5. The minimum atomic E-state index is -0.482. The van der Waals surface area contributed by atoms with E-state index >= 15 is 0 Å². The summed E-state index contributed by atoms with van der Waals surface area (Å²) in [5.41, 5.74) is 8.38. The first kappa shape index (κ1) is 16.5. The van der Waals surface area contributed by atoms with Crippen molar-refractivity contribution in [2.24, 2.45) is 5.73 Å². The molecule has 1 heterocycles. The number of nitrogens with two attached hydrogens (primary N) is 1. The van der Waals surface area contributed by atoms with Crippen LogP contribution in [-0.4, -0.2) is 9.78 Å². The minimum absolute atomic E-state index is 0.314. The fourth-order valence-corrected chi connectivity index (χ4v) is 3.37. The van der Waals surface area contributed by atoms with Gasteiger partial charge in [-0.15, -0.1) is 0 Å². The van der Waals surface area contributed by atoms with E-state index < -0.39 is 6.04 Å². The molecule has 0 fully saturated rings. The van der Waals surface area contributed by atoms with Gasteiger partial charge in [0, 0.05) is 29.0 Å². The zero-order chi connectivity index (χ0) is 15.6. The molecule has 114 valence electrons. The van der Waals surface area contributed by atoms with Crippen LogP contribution in [0.3, 0.4) is 0 Å². The molecule has 1 atom stereocenters. The average Bonchev–Trinajstić information content (AvgIpc) is 2.75. The van der Waals surface area contributed by atoms with Crippen LogP contribution in [0.25, 0.3) is 0 Å². The van der Waals surface area contributed by atoms with Crippen LogP contribution in [0.4, 0.5) is 4.39 Å². The molecule has 0 bridgehead atoms. The molecule has 0 aliphatic rings. The summed E-state index contributed by atoms with van der Waals surface area (Å²) in [5.74, 6) is -0.314. The molecular formula is C15H18BrClFN3. The number of aryl methyl sites for hydroxylation is 2. The first-order valence-corrected chi connectivity index (χ1v) is 8.10. The molecule has 0 amide bonds. The van der Waals surface area contributed by atoms with Gasteiger partial charge in [-0.25, -0.2) is 4.39 Å². The molecule has 3 nitrogen and oxygen atoms in total. The second-order valence-corrected chi connectivity index (χ2v) is 6.05. The highest BCUT2D eigenvalue weighted by Crippen LogP contribution is 2.30. The summed E-state index contributed by atoms with van der Waals surface area (Å²) in [5, 5.41) is 5.10. The van der Waals surface area contributed by atoms with Gasteiger partial charge in [0.25, 0.3) is 0 Å². The van der Waals surface area contributed by atoms with Gasteiger partial charge in [-0.2, -0.15) is 5.10 Å². The van der Waals surface area contributed by atoms with Crippen LogP contribution >= 0.6 is 27.5 Å². The predicted molar refractivity (Wildman–Crippen MR) is 87.0 cm³/mol. The summed E-state index contributed by atoms with van der Waals surface area (Å²) in [6, 6.07) is 4.36. The summed E-state index contributed by atoms with van der Waals surface area (Å²) in [7, 11) is 0. The lowest BCUT2D eigenvalue weighted by molar-refractivity contribution is 0.553. The normalized spacial score (nSPS) is 12.7. The van der Waals surface area contributed by atoms with Crippen molar-refractivity contribution >= 4 is 27.5 Å². The van der Waals surface area contributed by atoms with Gasteiger partial charge in [0.2, 0.25) is 0 Å². The first-order valence-electron chi connectivity index (χ1n) is 6.93. The smallest absolute Gasteiger partial charge is 0.129 e. The molecule has 2 aromatic rings. The fraction of sp³-hybridized carbons (Fsp3) is 0.400. The number of benzene rings is 1. The van der Waals surface area contributed by atoms with E-state index in [1.54, 1.807) is 12.1 Å². The van der Waals surface area contributed by atoms with E-state index in [9.17, 15) is 4.39 Å². The van der Waals surface area contributed by atoms with Gasteiger partial charge >= 0.3 is 0 Å². The lowest BCUT2D eigenvalue weighted by atomic mass is 10.0. The largest absolute Gasteiger partial charge is 0.323 e. The van der Waals surface area contributed by atoms with Crippen molar-refractivity contribution in [3.05, 3.63) is 50.5 Å². The maximum atomic E-state index is 14.0. The van der Waals surface area contributed by atoms with E-state index in [1.165, 1.54) is 6.07 Å². The number of hydrogen-bond acceptors (Lipinski definition) is 2. The summed E-state index contributed by atoms with van der Waals surface area (Å²) >= 11 is 9.73. The second kappa shape index (κ2) is 6.90. The van der Waals surface area contributed by atoms with Crippen LogP contribution in [-0.2, 0) is 19.4 Å². The molecule has 21 heavy (non-hydrogen) atoms. The van der Waals surface area contributed by atoms with Crippen LogP contribution < -0.4 is 5.73 Å². The molecule has 6 heteroatoms. The Labute approximate surface area is 137 Å².